The number of carboxylic acids is 1. The standard InChI is InChI=1S/C8H10.C3H6O2/c1-7-3-5-8(2)6-4-7;1-2-3(4)5/h3-6H,1-2H3;2H2,1H3,(H,4,5). The Labute approximate surface area is 79.2 Å². The minimum Gasteiger partial charge on any atom is -0.481 e. The van der Waals surface area contributed by atoms with Gasteiger partial charge in [0.05, 0.1) is 0 Å². The lowest BCUT2D eigenvalue weighted by atomic mass is 10.2. The van der Waals surface area contributed by atoms with Crippen LogP contribution in [0.5, 0.6) is 0 Å². The molecule has 0 radical (unpaired) electrons. The maximum atomic E-state index is 9.37. The second-order valence-corrected chi connectivity index (χ2v) is 2.90. The number of carboxylic acid groups (broad SMARTS) is 1. The second-order valence-electron chi connectivity index (χ2n) is 2.90. The van der Waals surface area contributed by atoms with Gasteiger partial charge in [0.15, 0.2) is 0 Å². The number of rotatable bonds is 1. The van der Waals surface area contributed by atoms with Gasteiger partial charge in [0.2, 0.25) is 0 Å². The number of aliphatic carboxylic acids is 1. The summed E-state index contributed by atoms with van der Waals surface area (Å²) in [6, 6.07) is 8.48. The molecule has 0 aliphatic carbocycles. The van der Waals surface area contributed by atoms with Crippen molar-refractivity contribution in [2.45, 2.75) is 27.2 Å². The Morgan fingerprint density at radius 3 is 1.54 bits per heavy atom. The van der Waals surface area contributed by atoms with Crippen LogP contribution < -0.4 is 0 Å². The molecule has 0 unspecified atom stereocenters. The number of carbonyl (C=O) groups is 1. The lowest BCUT2D eigenvalue weighted by molar-refractivity contribution is -0.136. The lowest BCUT2D eigenvalue weighted by Crippen LogP contribution is -1.86. The summed E-state index contributed by atoms with van der Waals surface area (Å²) in [6.07, 6.45) is 0.222. The van der Waals surface area contributed by atoms with Crippen LogP contribution in [0.2, 0.25) is 0 Å². The topological polar surface area (TPSA) is 37.3 Å². The molecular weight excluding hydrogens is 164 g/mol. The average Bonchev–Trinajstić information content (AvgIpc) is 2.11. The van der Waals surface area contributed by atoms with E-state index in [2.05, 4.69) is 38.1 Å². The van der Waals surface area contributed by atoms with Crippen LogP contribution in [-0.2, 0) is 4.79 Å². The van der Waals surface area contributed by atoms with Crippen LogP contribution in [0.3, 0.4) is 0 Å². The van der Waals surface area contributed by atoms with Gasteiger partial charge in [-0.25, -0.2) is 0 Å². The average molecular weight is 180 g/mol. The van der Waals surface area contributed by atoms with Gasteiger partial charge in [-0.15, -0.1) is 0 Å². The monoisotopic (exact) mass is 180 g/mol. The molecule has 2 heteroatoms. The molecule has 0 aromatic heterocycles. The Morgan fingerprint density at radius 2 is 1.38 bits per heavy atom. The molecule has 0 amide bonds. The molecule has 72 valence electrons. The molecule has 1 N–H and O–H groups in total. The summed E-state index contributed by atoms with van der Waals surface area (Å²) < 4.78 is 0. The van der Waals surface area contributed by atoms with Gasteiger partial charge < -0.3 is 5.11 Å². The molecule has 0 saturated carbocycles. The molecule has 0 heterocycles. The van der Waals surface area contributed by atoms with Crippen LogP contribution >= 0.6 is 0 Å². The summed E-state index contributed by atoms with van der Waals surface area (Å²) in [4.78, 5) is 9.37. The summed E-state index contributed by atoms with van der Waals surface area (Å²) in [5.41, 5.74) is 2.66. The Kier molecular flexibility index (Phi) is 5.60. The van der Waals surface area contributed by atoms with Gasteiger partial charge in [0, 0.05) is 6.42 Å². The maximum Gasteiger partial charge on any atom is 0.303 e. The summed E-state index contributed by atoms with van der Waals surface area (Å²) in [7, 11) is 0. The van der Waals surface area contributed by atoms with Crippen molar-refractivity contribution < 1.29 is 9.90 Å². The van der Waals surface area contributed by atoms with E-state index in [1.807, 2.05) is 0 Å². The highest BCUT2D eigenvalue weighted by molar-refractivity contribution is 5.66. The highest BCUT2D eigenvalue weighted by Gasteiger charge is 1.81. The zero-order chi connectivity index (χ0) is 10.3. The highest BCUT2D eigenvalue weighted by atomic mass is 16.4. The molecule has 0 aliphatic rings. The first-order valence-electron chi connectivity index (χ1n) is 4.31. The Bertz CT molecular complexity index is 228. The van der Waals surface area contributed by atoms with Crippen molar-refractivity contribution in [3.8, 4) is 0 Å². The molecule has 1 rings (SSSR count). The van der Waals surface area contributed by atoms with Gasteiger partial charge >= 0.3 is 5.97 Å². The van der Waals surface area contributed by atoms with E-state index in [4.69, 9.17) is 5.11 Å². The third-order valence-corrected chi connectivity index (χ3v) is 1.52. The van der Waals surface area contributed by atoms with Gasteiger partial charge in [-0.3, -0.25) is 4.79 Å². The summed E-state index contributed by atoms with van der Waals surface area (Å²) >= 11 is 0. The number of hydrogen-bond donors (Lipinski definition) is 1. The van der Waals surface area contributed by atoms with Crippen molar-refractivity contribution >= 4 is 5.97 Å². The molecule has 0 spiro atoms. The highest BCUT2D eigenvalue weighted by Crippen LogP contribution is 1.99. The lowest BCUT2D eigenvalue weighted by Gasteiger charge is -1.90. The predicted octanol–water partition coefficient (Wildman–Crippen LogP) is 2.78. The molecule has 0 fully saturated rings. The van der Waals surface area contributed by atoms with Gasteiger partial charge in [-0.2, -0.15) is 0 Å². The minimum atomic E-state index is -0.745. The van der Waals surface area contributed by atoms with E-state index in [1.54, 1.807) is 6.92 Å². The first kappa shape index (κ1) is 11.7. The molecular formula is C11H16O2. The summed E-state index contributed by atoms with van der Waals surface area (Å²) in [6.45, 7) is 5.79. The zero-order valence-corrected chi connectivity index (χ0v) is 8.37. The van der Waals surface area contributed by atoms with Crippen molar-refractivity contribution in [2.24, 2.45) is 0 Å². The smallest absolute Gasteiger partial charge is 0.303 e. The molecule has 2 nitrogen and oxygen atoms in total. The molecule has 1 aromatic rings. The van der Waals surface area contributed by atoms with Crippen molar-refractivity contribution in [2.75, 3.05) is 0 Å². The van der Waals surface area contributed by atoms with Crippen molar-refractivity contribution in [1.29, 1.82) is 0 Å². The molecule has 13 heavy (non-hydrogen) atoms. The van der Waals surface area contributed by atoms with Crippen LogP contribution in [0.15, 0.2) is 24.3 Å². The molecule has 0 atom stereocenters. The molecule has 0 saturated heterocycles. The van der Waals surface area contributed by atoms with Crippen LogP contribution in [0.4, 0.5) is 0 Å². The maximum absolute atomic E-state index is 9.37. The van der Waals surface area contributed by atoms with E-state index in [-0.39, 0.29) is 6.42 Å². The first-order chi connectivity index (χ1) is 6.06. The Morgan fingerprint density at radius 1 is 1.15 bits per heavy atom. The van der Waals surface area contributed by atoms with E-state index in [9.17, 15) is 4.79 Å². The summed E-state index contributed by atoms with van der Waals surface area (Å²) in [5.74, 6) is -0.745. The SMILES string of the molecule is CCC(=O)O.Cc1ccc(C)cc1. The fraction of sp³-hybridized carbons (Fsp3) is 0.364. The van der Waals surface area contributed by atoms with Gasteiger partial charge in [-0.05, 0) is 13.8 Å². The van der Waals surface area contributed by atoms with Gasteiger partial charge in [0.25, 0.3) is 0 Å². The zero-order valence-electron chi connectivity index (χ0n) is 8.37. The van der Waals surface area contributed by atoms with Crippen molar-refractivity contribution in [3.05, 3.63) is 35.4 Å². The number of benzene rings is 1. The van der Waals surface area contributed by atoms with E-state index < -0.39 is 5.97 Å². The van der Waals surface area contributed by atoms with E-state index in [0.29, 0.717) is 0 Å². The largest absolute Gasteiger partial charge is 0.481 e. The fourth-order valence-electron chi connectivity index (χ4n) is 0.637. The third-order valence-electron chi connectivity index (χ3n) is 1.52. The van der Waals surface area contributed by atoms with Crippen LogP contribution in [0.25, 0.3) is 0 Å². The quantitative estimate of drug-likeness (QED) is 0.721. The fourth-order valence-corrected chi connectivity index (χ4v) is 0.637. The van der Waals surface area contributed by atoms with E-state index in [1.165, 1.54) is 11.1 Å². The molecule has 0 aliphatic heterocycles. The van der Waals surface area contributed by atoms with Crippen LogP contribution in [-0.4, -0.2) is 11.1 Å². The summed E-state index contributed by atoms with van der Waals surface area (Å²) in [5, 5.41) is 7.72. The molecule has 0 bridgehead atoms. The van der Waals surface area contributed by atoms with Crippen molar-refractivity contribution in [3.63, 3.8) is 0 Å². The van der Waals surface area contributed by atoms with Crippen LogP contribution in [0.1, 0.15) is 24.5 Å². The normalized spacial score (nSPS) is 8.54. The predicted molar refractivity (Wildman–Crippen MR) is 53.8 cm³/mol. The second kappa shape index (κ2) is 6.23. The Balaban J connectivity index is 0.000000252. The number of hydrogen-bond acceptors (Lipinski definition) is 1. The molecule has 1 aromatic carbocycles. The van der Waals surface area contributed by atoms with Gasteiger partial charge in [-0.1, -0.05) is 42.3 Å². The minimum absolute atomic E-state index is 0.222. The number of aryl methyl sites for hydroxylation is 2. The third kappa shape index (κ3) is 7.06. The van der Waals surface area contributed by atoms with E-state index >= 15 is 0 Å². The van der Waals surface area contributed by atoms with Crippen molar-refractivity contribution in [1.82, 2.24) is 0 Å². The van der Waals surface area contributed by atoms with Gasteiger partial charge in [0.1, 0.15) is 0 Å². The van der Waals surface area contributed by atoms with E-state index in [0.717, 1.165) is 0 Å². The Hall–Kier alpha value is -1.31. The van der Waals surface area contributed by atoms with Crippen LogP contribution in [0, 0.1) is 13.8 Å². The first-order valence-corrected chi connectivity index (χ1v) is 4.31.